The van der Waals surface area contributed by atoms with Crippen LogP contribution in [0.2, 0.25) is 0 Å². The molecular formula is C17H21NO5. The van der Waals surface area contributed by atoms with Crippen molar-refractivity contribution in [1.29, 1.82) is 0 Å². The van der Waals surface area contributed by atoms with Crippen molar-refractivity contribution < 1.29 is 24.2 Å². The molecular weight excluding hydrogens is 298 g/mol. The van der Waals surface area contributed by atoms with Crippen molar-refractivity contribution in [2.75, 3.05) is 27.3 Å². The fourth-order valence-electron chi connectivity index (χ4n) is 3.34. The van der Waals surface area contributed by atoms with Crippen LogP contribution < -0.4 is 9.47 Å². The third kappa shape index (κ3) is 2.98. The molecule has 3 atom stereocenters. The molecule has 23 heavy (non-hydrogen) atoms. The summed E-state index contributed by atoms with van der Waals surface area (Å²) in [6.07, 6.45) is 1.32. The van der Waals surface area contributed by atoms with E-state index in [1.807, 2.05) is 18.2 Å². The lowest BCUT2D eigenvalue weighted by molar-refractivity contribution is -0.141. The number of likely N-dealkylation sites (tertiary alicyclic amines) is 1. The predicted molar refractivity (Wildman–Crippen MR) is 82.7 cm³/mol. The highest BCUT2D eigenvalue weighted by atomic mass is 16.5. The third-order valence-electron chi connectivity index (χ3n) is 4.79. The highest BCUT2D eigenvalue weighted by Crippen LogP contribution is 2.52. The maximum absolute atomic E-state index is 12.6. The van der Waals surface area contributed by atoms with Crippen LogP contribution in [0.4, 0.5) is 0 Å². The second kappa shape index (κ2) is 6.10. The van der Waals surface area contributed by atoms with E-state index in [9.17, 15) is 9.59 Å². The van der Waals surface area contributed by atoms with Crippen LogP contribution in [0, 0.1) is 11.8 Å². The normalized spacial score (nSPS) is 26.0. The molecule has 1 N–H and O–H groups in total. The van der Waals surface area contributed by atoms with Gasteiger partial charge in [-0.05, 0) is 31.0 Å². The summed E-state index contributed by atoms with van der Waals surface area (Å²) >= 11 is 0. The van der Waals surface area contributed by atoms with Crippen molar-refractivity contribution in [2.24, 2.45) is 11.8 Å². The Kier molecular flexibility index (Phi) is 4.15. The van der Waals surface area contributed by atoms with Crippen LogP contribution in [0.1, 0.15) is 24.3 Å². The van der Waals surface area contributed by atoms with E-state index in [0.29, 0.717) is 19.5 Å². The maximum atomic E-state index is 12.6. The molecule has 1 saturated heterocycles. The number of carboxylic acids is 1. The highest BCUT2D eigenvalue weighted by molar-refractivity contribution is 5.84. The number of amides is 1. The Bertz CT molecular complexity index is 629. The number of methoxy groups -OCH3 is 2. The zero-order chi connectivity index (χ0) is 16.6. The first-order valence-corrected chi connectivity index (χ1v) is 7.78. The van der Waals surface area contributed by atoms with Crippen molar-refractivity contribution in [3.63, 3.8) is 0 Å². The topological polar surface area (TPSA) is 76.1 Å². The van der Waals surface area contributed by atoms with Crippen molar-refractivity contribution >= 4 is 11.9 Å². The molecule has 0 bridgehead atoms. The number of carbonyl (C=O) groups is 2. The lowest BCUT2D eigenvalue weighted by Gasteiger charge is -2.16. The molecule has 1 aliphatic heterocycles. The van der Waals surface area contributed by atoms with Gasteiger partial charge in [0.1, 0.15) is 11.5 Å². The Morgan fingerprint density at radius 2 is 2.04 bits per heavy atom. The highest BCUT2D eigenvalue weighted by Gasteiger charge is 2.48. The summed E-state index contributed by atoms with van der Waals surface area (Å²) in [4.78, 5) is 25.3. The van der Waals surface area contributed by atoms with Crippen LogP contribution in [0.5, 0.6) is 11.5 Å². The number of aliphatic carboxylic acids is 1. The molecule has 1 aliphatic carbocycles. The molecule has 124 valence electrons. The maximum Gasteiger partial charge on any atom is 0.308 e. The van der Waals surface area contributed by atoms with Crippen LogP contribution >= 0.6 is 0 Å². The van der Waals surface area contributed by atoms with Crippen LogP contribution in [0.25, 0.3) is 0 Å². The molecule has 0 spiro atoms. The van der Waals surface area contributed by atoms with Crippen molar-refractivity contribution in [1.82, 2.24) is 4.90 Å². The summed E-state index contributed by atoms with van der Waals surface area (Å²) in [6.45, 7) is 0.862. The lowest BCUT2D eigenvalue weighted by Crippen LogP contribution is -2.31. The van der Waals surface area contributed by atoms with Crippen molar-refractivity contribution in [3.05, 3.63) is 23.8 Å². The van der Waals surface area contributed by atoms with Gasteiger partial charge in [-0.15, -0.1) is 0 Å². The van der Waals surface area contributed by atoms with E-state index in [1.54, 1.807) is 19.1 Å². The van der Waals surface area contributed by atoms with Gasteiger partial charge in [0, 0.05) is 30.5 Å². The molecule has 0 aromatic heterocycles. The van der Waals surface area contributed by atoms with Gasteiger partial charge in [0.15, 0.2) is 0 Å². The van der Waals surface area contributed by atoms with Gasteiger partial charge in [-0.1, -0.05) is 0 Å². The molecule has 1 aromatic carbocycles. The minimum absolute atomic E-state index is 0.0589. The lowest BCUT2D eigenvalue weighted by atomic mass is 10.1. The average molecular weight is 319 g/mol. The fourth-order valence-corrected chi connectivity index (χ4v) is 3.34. The van der Waals surface area contributed by atoms with Crippen LogP contribution in [0.15, 0.2) is 18.2 Å². The fraction of sp³-hybridized carbons (Fsp3) is 0.529. The first kappa shape index (κ1) is 15.6. The number of hydrogen-bond donors (Lipinski definition) is 1. The summed E-state index contributed by atoms with van der Waals surface area (Å²) in [6, 6.07) is 5.60. The quantitative estimate of drug-likeness (QED) is 0.894. The average Bonchev–Trinajstić information content (AvgIpc) is 3.20. The van der Waals surface area contributed by atoms with E-state index < -0.39 is 11.9 Å². The number of carboxylic acid groups (broad SMARTS) is 1. The summed E-state index contributed by atoms with van der Waals surface area (Å²) in [7, 11) is 3.22. The minimum atomic E-state index is -0.817. The number of nitrogens with zero attached hydrogens (tertiary/aromatic N) is 1. The van der Waals surface area contributed by atoms with Crippen molar-refractivity contribution in [2.45, 2.75) is 18.8 Å². The molecule has 6 heteroatoms. The van der Waals surface area contributed by atoms with E-state index in [-0.39, 0.29) is 17.7 Å². The summed E-state index contributed by atoms with van der Waals surface area (Å²) in [5, 5.41) is 9.05. The van der Waals surface area contributed by atoms with Crippen molar-refractivity contribution in [3.8, 4) is 11.5 Å². The van der Waals surface area contributed by atoms with Crippen LogP contribution in [0.3, 0.4) is 0 Å². The van der Waals surface area contributed by atoms with Gasteiger partial charge < -0.3 is 19.5 Å². The molecule has 1 amide bonds. The molecule has 1 saturated carbocycles. The van der Waals surface area contributed by atoms with Crippen LogP contribution in [-0.4, -0.2) is 49.2 Å². The van der Waals surface area contributed by atoms with Gasteiger partial charge in [-0.2, -0.15) is 0 Å². The molecule has 2 aliphatic rings. The largest absolute Gasteiger partial charge is 0.497 e. The number of ether oxygens (including phenoxy) is 2. The smallest absolute Gasteiger partial charge is 0.308 e. The SMILES string of the molecule is COc1ccc(OC)c(C2CC2C(=O)N2CCC(C(=O)O)C2)c1. The molecule has 0 radical (unpaired) electrons. The first-order chi connectivity index (χ1) is 11.0. The minimum Gasteiger partial charge on any atom is -0.497 e. The number of benzene rings is 1. The van der Waals surface area contributed by atoms with E-state index in [4.69, 9.17) is 14.6 Å². The monoisotopic (exact) mass is 319 g/mol. The number of carbonyl (C=O) groups excluding carboxylic acids is 1. The van der Waals surface area contributed by atoms with Gasteiger partial charge in [0.25, 0.3) is 0 Å². The van der Waals surface area contributed by atoms with E-state index in [1.165, 1.54) is 0 Å². The molecule has 6 nitrogen and oxygen atoms in total. The second-order valence-corrected chi connectivity index (χ2v) is 6.16. The van der Waals surface area contributed by atoms with E-state index >= 15 is 0 Å². The van der Waals surface area contributed by atoms with Crippen LogP contribution in [-0.2, 0) is 9.59 Å². The number of hydrogen-bond acceptors (Lipinski definition) is 4. The summed E-state index contributed by atoms with van der Waals surface area (Å²) in [5.74, 6) is 0.357. The molecule has 1 aromatic rings. The number of rotatable bonds is 5. The Morgan fingerprint density at radius 1 is 1.26 bits per heavy atom. The van der Waals surface area contributed by atoms with E-state index in [2.05, 4.69) is 0 Å². The van der Waals surface area contributed by atoms with Gasteiger partial charge in [0.05, 0.1) is 20.1 Å². The van der Waals surface area contributed by atoms with Gasteiger partial charge >= 0.3 is 5.97 Å². The zero-order valence-electron chi connectivity index (χ0n) is 13.3. The predicted octanol–water partition coefficient (Wildman–Crippen LogP) is 1.74. The Morgan fingerprint density at radius 3 is 2.65 bits per heavy atom. The molecule has 2 fully saturated rings. The molecule has 3 unspecified atom stereocenters. The van der Waals surface area contributed by atoms with E-state index in [0.717, 1.165) is 23.5 Å². The first-order valence-electron chi connectivity index (χ1n) is 7.78. The van der Waals surface area contributed by atoms with Gasteiger partial charge in [-0.3, -0.25) is 9.59 Å². The standard InChI is InChI=1S/C17H21NO5/c1-22-11-3-4-15(23-2)13(7-11)12-8-14(12)16(19)18-6-5-10(9-18)17(20)21/h3-4,7,10,12,14H,5-6,8-9H2,1-2H3,(H,20,21). The summed E-state index contributed by atoms with van der Waals surface area (Å²) in [5.41, 5.74) is 0.985. The molecule has 1 heterocycles. The Balaban J connectivity index is 1.70. The summed E-state index contributed by atoms with van der Waals surface area (Å²) < 4.78 is 10.6. The Hall–Kier alpha value is -2.24. The Labute approximate surface area is 135 Å². The zero-order valence-corrected chi connectivity index (χ0v) is 13.3. The third-order valence-corrected chi connectivity index (χ3v) is 4.79. The second-order valence-electron chi connectivity index (χ2n) is 6.16. The molecule has 3 rings (SSSR count). The van der Waals surface area contributed by atoms with Gasteiger partial charge in [-0.25, -0.2) is 0 Å². The van der Waals surface area contributed by atoms with Gasteiger partial charge in [0.2, 0.25) is 5.91 Å².